The average Bonchev–Trinajstić information content (AvgIpc) is 2.96. The molecule has 4 aromatic rings. The maximum absolute atomic E-state index is 14.7. The molecule has 0 saturated carbocycles. The molecule has 0 spiro atoms. The van der Waals surface area contributed by atoms with E-state index in [1.807, 2.05) is 67.6 Å². The lowest BCUT2D eigenvalue weighted by atomic mass is 10.0. The van der Waals surface area contributed by atoms with Gasteiger partial charge in [-0.2, -0.15) is 0 Å². The molecule has 5 nitrogen and oxygen atoms in total. The van der Waals surface area contributed by atoms with Crippen LogP contribution in [-0.4, -0.2) is 35.9 Å². The average molecular weight is 592 g/mol. The lowest BCUT2D eigenvalue weighted by Gasteiger charge is -2.31. The van der Waals surface area contributed by atoms with Crippen LogP contribution in [0, 0.1) is 5.82 Å². The molecule has 0 saturated heterocycles. The Hall–Kier alpha value is -3.71. The Kier molecular flexibility index (Phi) is 10.1. The minimum Gasteiger partial charge on any atom is -0.483 e. The molecule has 39 heavy (non-hydrogen) atoms. The molecule has 0 fully saturated rings. The van der Waals surface area contributed by atoms with Gasteiger partial charge in [-0.25, -0.2) is 4.39 Å². The number of halogens is 2. The van der Waals surface area contributed by atoms with Gasteiger partial charge in [0.05, 0.1) is 4.47 Å². The van der Waals surface area contributed by atoms with Crippen molar-refractivity contribution in [3.05, 3.63) is 112 Å². The first-order chi connectivity index (χ1) is 19.0. The van der Waals surface area contributed by atoms with Gasteiger partial charge < -0.3 is 15.0 Å². The third-order valence-corrected chi connectivity index (χ3v) is 7.40. The molecule has 0 radical (unpaired) electrons. The van der Waals surface area contributed by atoms with Crippen molar-refractivity contribution in [3.63, 3.8) is 0 Å². The highest BCUT2D eigenvalue weighted by Crippen LogP contribution is 2.33. The topological polar surface area (TPSA) is 58.6 Å². The van der Waals surface area contributed by atoms with Crippen molar-refractivity contribution < 1.29 is 18.7 Å². The van der Waals surface area contributed by atoms with E-state index in [9.17, 15) is 14.0 Å². The van der Waals surface area contributed by atoms with Crippen LogP contribution < -0.4 is 10.1 Å². The summed E-state index contributed by atoms with van der Waals surface area (Å²) in [5, 5.41) is 4.97. The lowest BCUT2D eigenvalue weighted by Crippen LogP contribution is -2.52. The summed E-state index contributed by atoms with van der Waals surface area (Å²) in [6, 6.07) is 26.6. The van der Waals surface area contributed by atoms with Gasteiger partial charge in [0, 0.05) is 25.1 Å². The molecule has 1 atom stereocenters. The summed E-state index contributed by atoms with van der Waals surface area (Å²) in [4.78, 5) is 28.7. The van der Waals surface area contributed by atoms with Gasteiger partial charge in [0.2, 0.25) is 5.91 Å². The Morgan fingerprint density at radius 1 is 0.949 bits per heavy atom. The van der Waals surface area contributed by atoms with Crippen LogP contribution in [0.4, 0.5) is 4.39 Å². The van der Waals surface area contributed by atoms with Crippen LogP contribution in [0.1, 0.15) is 30.9 Å². The van der Waals surface area contributed by atoms with E-state index in [0.717, 1.165) is 33.7 Å². The monoisotopic (exact) mass is 590 g/mol. The zero-order valence-electron chi connectivity index (χ0n) is 21.9. The van der Waals surface area contributed by atoms with Gasteiger partial charge in [-0.15, -0.1) is 0 Å². The fourth-order valence-electron chi connectivity index (χ4n) is 4.42. The Morgan fingerprint density at radius 3 is 2.44 bits per heavy atom. The Labute approximate surface area is 237 Å². The smallest absolute Gasteiger partial charge is 0.261 e. The molecule has 4 rings (SSSR count). The fourth-order valence-corrected chi connectivity index (χ4v) is 5.03. The maximum Gasteiger partial charge on any atom is 0.261 e. The number of carbonyl (C=O) groups excluding carboxylic acids is 2. The van der Waals surface area contributed by atoms with Crippen molar-refractivity contribution in [2.24, 2.45) is 0 Å². The number of unbranched alkanes of at least 4 members (excludes halogenated alkanes) is 1. The number of carbonyl (C=O) groups is 2. The number of nitrogens with one attached hydrogen (secondary N) is 1. The van der Waals surface area contributed by atoms with E-state index in [1.165, 1.54) is 11.0 Å². The molecule has 0 aliphatic rings. The molecule has 202 valence electrons. The van der Waals surface area contributed by atoms with Crippen LogP contribution in [-0.2, 0) is 22.6 Å². The van der Waals surface area contributed by atoms with Gasteiger partial charge in [0.15, 0.2) is 6.61 Å². The number of rotatable bonds is 12. The van der Waals surface area contributed by atoms with Crippen molar-refractivity contribution in [3.8, 4) is 5.75 Å². The Morgan fingerprint density at radius 2 is 1.67 bits per heavy atom. The largest absolute Gasteiger partial charge is 0.483 e. The van der Waals surface area contributed by atoms with E-state index in [2.05, 4.69) is 21.2 Å². The van der Waals surface area contributed by atoms with Gasteiger partial charge >= 0.3 is 0 Å². The second kappa shape index (κ2) is 13.9. The number of amides is 2. The predicted octanol–water partition coefficient (Wildman–Crippen LogP) is 6.68. The quantitative estimate of drug-likeness (QED) is 0.187. The van der Waals surface area contributed by atoms with Crippen molar-refractivity contribution in [2.45, 2.75) is 38.8 Å². The van der Waals surface area contributed by atoms with Crippen LogP contribution >= 0.6 is 15.9 Å². The molecule has 0 aliphatic heterocycles. The van der Waals surface area contributed by atoms with E-state index in [0.29, 0.717) is 24.3 Å². The van der Waals surface area contributed by atoms with Gasteiger partial charge in [0.1, 0.15) is 17.6 Å². The van der Waals surface area contributed by atoms with Crippen molar-refractivity contribution >= 4 is 38.5 Å². The summed E-state index contributed by atoms with van der Waals surface area (Å²) in [7, 11) is 0. The Bertz CT molecular complexity index is 1410. The molecule has 2 amide bonds. The van der Waals surface area contributed by atoms with E-state index >= 15 is 0 Å². The van der Waals surface area contributed by atoms with Crippen molar-refractivity contribution in [1.29, 1.82) is 0 Å². The van der Waals surface area contributed by atoms with Crippen LogP contribution in [0.5, 0.6) is 5.75 Å². The zero-order chi connectivity index (χ0) is 27.6. The number of fused-ring (bicyclic) bond motifs is 1. The maximum atomic E-state index is 14.7. The minimum atomic E-state index is -0.847. The summed E-state index contributed by atoms with van der Waals surface area (Å²) < 4.78 is 21.4. The number of hydrogen-bond donors (Lipinski definition) is 1. The van der Waals surface area contributed by atoms with Crippen LogP contribution in [0.2, 0.25) is 0 Å². The second-order valence-electron chi connectivity index (χ2n) is 9.35. The lowest BCUT2D eigenvalue weighted by molar-refractivity contribution is -0.142. The van der Waals surface area contributed by atoms with Gasteiger partial charge in [0.25, 0.3) is 5.91 Å². The van der Waals surface area contributed by atoms with Gasteiger partial charge in [-0.3, -0.25) is 9.59 Å². The SMILES string of the molecule is CCCCNC(=O)[C@H](Cc1ccccc1)N(Cc1ccccc1F)C(=O)COc1ccc2ccccc2c1Br. The number of nitrogens with zero attached hydrogens (tertiary/aromatic N) is 1. The van der Waals surface area contributed by atoms with E-state index in [-0.39, 0.29) is 19.1 Å². The van der Waals surface area contributed by atoms with Gasteiger partial charge in [-0.1, -0.05) is 92.2 Å². The van der Waals surface area contributed by atoms with E-state index in [1.54, 1.807) is 24.3 Å². The summed E-state index contributed by atoms with van der Waals surface area (Å²) in [6.45, 7) is 2.18. The summed E-state index contributed by atoms with van der Waals surface area (Å²) >= 11 is 3.60. The highest BCUT2D eigenvalue weighted by atomic mass is 79.9. The third kappa shape index (κ3) is 7.45. The van der Waals surface area contributed by atoms with Crippen LogP contribution in [0.25, 0.3) is 10.8 Å². The van der Waals surface area contributed by atoms with Crippen molar-refractivity contribution in [2.75, 3.05) is 13.2 Å². The standard InChI is InChI=1S/C32H32BrFN2O3/c1-2-3-19-35-32(38)28(20-23-11-5-4-6-12-23)36(21-25-14-8-10-16-27(25)34)30(37)22-39-29-18-17-24-13-7-9-15-26(24)31(29)33/h4-18,28H,2-3,19-22H2,1H3,(H,35,38)/t28-/m0/s1. The van der Waals surface area contributed by atoms with Gasteiger partial charge in [-0.05, 0) is 50.8 Å². The Balaban J connectivity index is 1.63. The normalized spacial score (nSPS) is 11.7. The first-order valence-electron chi connectivity index (χ1n) is 13.1. The fraction of sp³-hybridized carbons (Fsp3) is 0.250. The molecular formula is C32H32BrFN2O3. The predicted molar refractivity (Wildman–Crippen MR) is 156 cm³/mol. The molecule has 0 aliphatic carbocycles. The molecule has 1 N–H and O–H groups in total. The second-order valence-corrected chi connectivity index (χ2v) is 10.1. The van der Waals surface area contributed by atoms with E-state index < -0.39 is 17.8 Å². The number of ether oxygens (including phenoxy) is 1. The summed E-state index contributed by atoms with van der Waals surface area (Å²) in [6.07, 6.45) is 2.04. The number of hydrogen-bond acceptors (Lipinski definition) is 3. The molecule has 4 aromatic carbocycles. The van der Waals surface area contributed by atoms with Crippen LogP contribution in [0.15, 0.2) is 95.5 Å². The highest BCUT2D eigenvalue weighted by Gasteiger charge is 2.31. The molecular weight excluding hydrogens is 559 g/mol. The molecule has 0 unspecified atom stereocenters. The third-order valence-electron chi connectivity index (χ3n) is 6.58. The molecule has 0 aromatic heterocycles. The molecule has 0 heterocycles. The first-order valence-corrected chi connectivity index (χ1v) is 13.9. The highest BCUT2D eigenvalue weighted by molar-refractivity contribution is 9.10. The number of benzene rings is 4. The summed E-state index contributed by atoms with van der Waals surface area (Å²) in [5.74, 6) is -0.605. The van der Waals surface area contributed by atoms with Crippen molar-refractivity contribution in [1.82, 2.24) is 10.2 Å². The first kappa shape index (κ1) is 28.3. The van der Waals surface area contributed by atoms with Crippen LogP contribution in [0.3, 0.4) is 0 Å². The molecule has 7 heteroatoms. The summed E-state index contributed by atoms with van der Waals surface area (Å²) in [5.41, 5.74) is 1.23. The zero-order valence-corrected chi connectivity index (χ0v) is 23.5. The van der Waals surface area contributed by atoms with E-state index in [4.69, 9.17) is 4.74 Å². The molecule has 0 bridgehead atoms. The minimum absolute atomic E-state index is 0.0630.